The van der Waals surface area contributed by atoms with Gasteiger partial charge in [-0.25, -0.2) is 8.78 Å². The van der Waals surface area contributed by atoms with Crippen LogP contribution >= 0.6 is 46.3 Å². The first-order valence-electron chi connectivity index (χ1n) is 15.3. The van der Waals surface area contributed by atoms with Crippen LogP contribution in [0.3, 0.4) is 0 Å². The van der Waals surface area contributed by atoms with Crippen molar-refractivity contribution in [2.24, 2.45) is 5.41 Å². The fourth-order valence-electron chi connectivity index (χ4n) is 5.59. The van der Waals surface area contributed by atoms with E-state index in [0.717, 1.165) is 21.8 Å². The van der Waals surface area contributed by atoms with E-state index in [4.69, 9.17) is 19.3 Å². The molecule has 1 atom stereocenters. The highest BCUT2D eigenvalue weighted by molar-refractivity contribution is 14.2. The number of aromatic nitrogens is 3. The van der Waals surface area contributed by atoms with Gasteiger partial charge in [-0.2, -0.15) is 5.10 Å². The van der Waals surface area contributed by atoms with Gasteiger partial charge in [-0.05, 0) is 94.1 Å². The number of hydrogen-bond donors (Lipinski definition) is 0. The summed E-state index contributed by atoms with van der Waals surface area (Å²) in [4.78, 5) is 12.3. The molecule has 48 heavy (non-hydrogen) atoms. The van der Waals surface area contributed by atoms with Crippen molar-refractivity contribution in [3.8, 4) is 22.8 Å². The summed E-state index contributed by atoms with van der Waals surface area (Å²) in [5.74, 6) is -1.05. The van der Waals surface area contributed by atoms with Crippen LogP contribution in [0, 0.1) is 17.0 Å². The molecule has 2 heterocycles. The molecule has 0 spiro atoms. The Kier molecular flexibility index (Phi) is 11.9. The second kappa shape index (κ2) is 15.9. The van der Waals surface area contributed by atoms with Gasteiger partial charge in [0.15, 0.2) is 11.6 Å². The number of carbonyl (C=O) groups excluding carboxylic acids is 1. The summed E-state index contributed by atoms with van der Waals surface area (Å²) in [6.45, 7) is 6.07. The molecule has 0 saturated heterocycles. The van der Waals surface area contributed by atoms with Crippen molar-refractivity contribution in [3.63, 3.8) is 0 Å². The Morgan fingerprint density at radius 2 is 1.92 bits per heavy atom. The van der Waals surface area contributed by atoms with Gasteiger partial charge in [-0.3, -0.25) is 13.4 Å². The van der Waals surface area contributed by atoms with E-state index in [1.54, 1.807) is 12.1 Å². The van der Waals surface area contributed by atoms with E-state index >= 15 is 8.78 Å². The van der Waals surface area contributed by atoms with E-state index < -0.39 is 17.0 Å². The smallest absolute Gasteiger partial charge is 0.311 e. The van der Waals surface area contributed by atoms with Crippen molar-refractivity contribution in [2.75, 3.05) is 13.7 Å². The molecule has 0 aliphatic heterocycles. The minimum absolute atomic E-state index is 0.00217. The van der Waals surface area contributed by atoms with E-state index in [1.807, 2.05) is 72.2 Å². The molecule has 2 aromatic heterocycles. The predicted molar refractivity (Wildman–Crippen MR) is 199 cm³/mol. The molecule has 1 unspecified atom stereocenters. The number of fused-ring (bicyclic) bond motifs is 1. The molecule has 5 aromatic rings. The van der Waals surface area contributed by atoms with Crippen LogP contribution < -0.4 is 4.74 Å². The highest BCUT2D eigenvalue weighted by atomic mass is 127. The van der Waals surface area contributed by atoms with Crippen molar-refractivity contribution in [3.05, 3.63) is 107 Å². The quantitative estimate of drug-likeness (QED) is 0.0630. The van der Waals surface area contributed by atoms with Gasteiger partial charge in [0.1, 0.15) is 11.6 Å². The maximum Gasteiger partial charge on any atom is 0.311 e. The lowest BCUT2D eigenvalue weighted by Gasteiger charge is -2.24. The van der Waals surface area contributed by atoms with Crippen LogP contribution in [0.25, 0.3) is 28.2 Å². The fraction of sp³-hybridized carbons (Fsp3) is 0.278. The standard InChI is InChI=1S/C36H35BrF2IN3O4S/c1-5-46-19-15-27-26-13-18-43(48-40)33(26)22-30(39)34(27)47-25-11-12-29(38)28(21-25)31-14-17-42(41-31)32(23-8-6-9-24(37)20-23)10-7-16-36(2,3)35(44)45-4/h6,8-9,11-15,17-22,32H,5,7,10,16H2,1-4H3/b19-15+. The Morgan fingerprint density at radius 1 is 1.10 bits per heavy atom. The molecule has 252 valence electrons. The van der Waals surface area contributed by atoms with Gasteiger partial charge in [0.05, 0.1) is 42.6 Å². The van der Waals surface area contributed by atoms with Gasteiger partial charge in [-0.1, -0.05) is 28.1 Å². The normalized spacial score (nSPS) is 12.5. The zero-order chi connectivity index (χ0) is 34.4. The molecule has 0 fully saturated rings. The van der Waals surface area contributed by atoms with E-state index in [1.165, 1.54) is 46.8 Å². The zero-order valence-electron chi connectivity index (χ0n) is 26.9. The van der Waals surface area contributed by atoms with Crippen LogP contribution in [0.15, 0.2) is 83.8 Å². The number of nitrogens with zero attached hydrogens (tertiary/aromatic N) is 3. The van der Waals surface area contributed by atoms with E-state index in [0.29, 0.717) is 36.2 Å². The van der Waals surface area contributed by atoms with Gasteiger partial charge < -0.3 is 14.2 Å². The van der Waals surface area contributed by atoms with Crippen LogP contribution in [-0.2, 0) is 14.3 Å². The molecule has 0 aliphatic rings. The van der Waals surface area contributed by atoms with Crippen LogP contribution in [0.5, 0.6) is 11.5 Å². The first-order valence-corrected chi connectivity index (χ1v) is 19.4. The first-order chi connectivity index (χ1) is 23.1. The highest BCUT2D eigenvalue weighted by Gasteiger charge is 2.29. The third-order valence-corrected chi connectivity index (χ3v) is 10.3. The minimum Gasteiger partial charge on any atom is -0.501 e. The third-order valence-electron chi connectivity index (χ3n) is 8.09. The summed E-state index contributed by atoms with van der Waals surface area (Å²) in [6, 6.07) is 17.1. The summed E-state index contributed by atoms with van der Waals surface area (Å²) < 4.78 is 52.2. The fourth-order valence-corrected chi connectivity index (χ4v) is 7.37. The largest absolute Gasteiger partial charge is 0.501 e. The molecule has 0 aliphatic carbocycles. The molecule has 0 saturated carbocycles. The Balaban J connectivity index is 1.47. The summed E-state index contributed by atoms with van der Waals surface area (Å²) in [7, 11) is 2.82. The van der Waals surface area contributed by atoms with Crippen LogP contribution in [0.1, 0.15) is 57.2 Å². The van der Waals surface area contributed by atoms with Crippen molar-refractivity contribution < 1.29 is 27.8 Å². The predicted octanol–water partition coefficient (Wildman–Crippen LogP) is 11.2. The van der Waals surface area contributed by atoms with Gasteiger partial charge in [-0.15, -0.1) is 0 Å². The molecule has 12 heteroatoms. The van der Waals surface area contributed by atoms with Crippen LogP contribution in [0.2, 0.25) is 0 Å². The minimum atomic E-state index is -0.628. The number of hydrogen-bond acceptors (Lipinski definition) is 6. The number of methoxy groups -OCH3 is 1. The van der Waals surface area contributed by atoms with Crippen molar-refractivity contribution in [1.82, 2.24) is 13.8 Å². The molecule has 0 amide bonds. The highest BCUT2D eigenvalue weighted by Crippen LogP contribution is 2.39. The average molecular weight is 851 g/mol. The maximum absolute atomic E-state index is 15.6. The second-order valence-electron chi connectivity index (χ2n) is 11.8. The summed E-state index contributed by atoms with van der Waals surface area (Å²) in [5, 5.41) is 5.59. The Morgan fingerprint density at radius 3 is 2.65 bits per heavy atom. The summed E-state index contributed by atoms with van der Waals surface area (Å²) in [6.07, 6.45) is 8.89. The molecule has 3 aromatic carbocycles. The molecule has 7 nitrogen and oxygen atoms in total. The van der Waals surface area contributed by atoms with Gasteiger partial charge in [0.25, 0.3) is 0 Å². The Bertz CT molecular complexity index is 1940. The molecule has 0 N–H and O–H groups in total. The lowest BCUT2D eigenvalue weighted by atomic mass is 9.86. The molecule has 0 radical (unpaired) electrons. The molecule has 0 bridgehead atoms. The SMILES string of the molecule is CCO/C=C/c1c(Oc2ccc(F)c(-c3ccn(C(CCCC(C)(C)C(=O)OC)c4cccc(Br)c4)n3)c2)c(F)cc2c1ccn2SI. The van der Waals surface area contributed by atoms with Crippen LogP contribution in [0.4, 0.5) is 8.78 Å². The molecule has 5 rings (SSSR count). The zero-order valence-corrected chi connectivity index (χ0v) is 31.4. The average Bonchev–Trinajstić information content (AvgIpc) is 3.72. The Hall–Kier alpha value is -3.36. The van der Waals surface area contributed by atoms with E-state index in [-0.39, 0.29) is 29.1 Å². The summed E-state index contributed by atoms with van der Waals surface area (Å²) in [5.41, 5.74) is 2.19. The van der Waals surface area contributed by atoms with Crippen molar-refractivity contribution >= 4 is 69.2 Å². The number of ether oxygens (including phenoxy) is 3. The van der Waals surface area contributed by atoms with Gasteiger partial charge in [0, 0.05) is 69.8 Å². The van der Waals surface area contributed by atoms with Crippen LogP contribution in [-0.4, -0.2) is 33.4 Å². The second-order valence-corrected chi connectivity index (χ2v) is 14.4. The van der Waals surface area contributed by atoms with E-state index in [9.17, 15) is 4.79 Å². The Labute approximate surface area is 303 Å². The monoisotopic (exact) mass is 849 g/mol. The number of carbonyl (C=O) groups is 1. The first kappa shape index (κ1) is 35.9. The maximum atomic E-state index is 15.6. The number of halogens is 4. The number of benzene rings is 3. The lowest BCUT2D eigenvalue weighted by Crippen LogP contribution is -2.25. The number of esters is 1. The van der Waals surface area contributed by atoms with Crippen molar-refractivity contribution in [1.29, 1.82) is 0 Å². The summed E-state index contributed by atoms with van der Waals surface area (Å²) >= 11 is 5.71. The molecular formula is C36H35BrF2IN3O4S. The third kappa shape index (κ3) is 8.08. The topological polar surface area (TPSA) is 67.5 Å². The lowest BCUT2D eigenvalue weighted by molar-refractivity contribution is -0.151. The van der Waals surface area contributed by atoms with Gasteiger partial charge >= 0.3 is 5.97 Å². The van der Waals surface area contributed by atoms with Crippen molar-refractivity contribution in [2.45, 2.75) is 46.1 Å². The number of rotatable bonds is 14. The van der Waals surface area contributed by atoms with Gasteiger partial charge in [0.2, 0.25) is 0 Å². The van der Waals surface area contributed by atoms with E-state index in [2.05, 4.69) is 37.1 Å². The molecular weight excluding hydrogens is 815 g/mol.